The molecule has 0 saturated carbocycles. The van der Waals surface area contributed by atoms with Gasteiger partial charge in [-0.2, -0.15) is 0 Å². The van der Waals surface area contributed by atoms with Gasteiger partial charge < -0.3 is 14.9 Å². The van der Waals surface area contributed by atoms with Gasteiger partial charge in [0.25, 0.3) is 0 Å². The molecule has 2 aliphatic heterocycles. The Morgan fingerprint density at radius 2 is 1.70 bits per heavy atom. The van der Waals surface area contributed by atoms with Crippen molar-refractivity contribution in [2.24, 2.45) is 5.92 Å². The van der Waals surface area contributed by atoms with Crippen LogP contribution in [0.25, 0.3) is 5.70 Å². The van der Waals surface area contributed by atoms with Crippen molar-refractivity contribution in [3.8, 4) is 0 Å². The van der Waals surface area contributed by atoms with Gasteiger partial charge in [0.1, 0.15) is 0 Å². The van der Waals surface area contributed by atoms with Crippen molar-refractivity contribution in [2.45, 2.75) is 37.1 Å². The minimum atomic E-state index is -0.840. The molecule has 5 rings (SSSR count). The van der Waals surface area contributed by atoms with E-state index in [1.54, 1.807) is 0 Å². The third-order valence-electron chi connectivity index (χ3n) is 7.32. The van der Waals surface area contributed by atoms with Crippen molar-refractivity contribution in [1.29, 1.82) is 0 Å². The number of amides is 2. The minimum Gasteiger partial charge on any atom is -0.465 e. The molecule has 1 aliphatic carbocycles. The molecule has 3 aliphatic rings. The normalized spacial score (nSPS) is 24.5. The van der Waals surface area contributed by atoms with Gasteiger partial charge in [-0.1, -0.05) is 61.2 Å². The predicted octanol–water partition coefficient (Wildman–Crippen LogP) is 4.66. The number of nitrogens with zero attached hydrogens (tertiary/aromatic N) is 2. The van der Waals surface area contributed by atoms with Crippen molar-refractivity contribution in [3.05, 3.63) is 77.9 Å². The summed E-state index contributed by atoms with van der Waals surface area (Å²) in [6, 6.07) is 18.4. The maximum absolute atomic E-state index is 13.2. The summed E-state index contributed by atoms with van der Waals surface area (Å²) in [6.07, 6.45) is 2.23. The van der Waals surface area contributed by atoms with Crippen molar-refractivity contribution in [2.75, 3.05) is 13.1 Å². The number of carboxylic acid groups (broad SMARTS) is 1. The van der Waals surface area contributed by atoms with Crippen LogP contribution in [0, 0.1) is 5.92 Å². The molecule has 2 aromatic rings. The Balaban J connectivity index is 1.53. The van der Waals surface area contributed by atoms with E-state index in [1.165, 1.54) is 16.0 Å². The van der Waals surface area contributed by atoms with Crippen LogP contribution in [0.4, 0.5) is 4.79 Å². The molecule has 0 bridgehead atoms. The molecular formula is C25H26N2O3. The lowest BCUT2D eigenvalue weighted by atomic mass is 9.60. The molecule has 2 aromatic carbocycles. The molecule has 2 fully saturated rings. The summed E-state index contributed by atoms with van der Waals surface area (Å²) in [5.41, 5.74) is 4.18. The third kappa shape index (κ3) is 2.83. The molecule has 2 saturated heterocycles. The highest BCUT2D eigenvalue weighted by Gasteiger charge is 2.52. The Kier molecular flexibility index (Phi) is 4.42. The summed E-state index contributed by atoms with van der Waals surface area (Å²) in [6.45, 7) is 5.39. The maximum Gasteiger partial charge on any atom is 0.407 e. The topological polar surface area (TPSA) is 60.9 Å². The molecule has 154 valence electrons. The Hall–Kier alpha value is -3.08. The van der Waals surface area contributed by atoms with Crippen molar-refractivity contribution in [3.63, 3.8) is 0 Å². The summed E-state index contributed by atoms with van der Waals surface area (Å²) in [5.74, 6) is 0.359. The highest BCUT2D eigenvalue weighted by molar-refractivity contribution is 5.89. The number of rotatable bonds is 2. The number of likely N-dealkylation sites (tertiary alicyclic amines) is 2. The first kappa shape index (κ1) is 18.9. The van der Waals surface area contributed by atoms with Gasteiger partial charge in [0.05, 0.1) is 6.04 Å². The summed E-state index contributed by atoms with van der Waals surface area (Å²) >= 11 is 0. The number of benzene rings is 2. The zero-order chi connectivity index (χ0) is 20.9. The monoisotopic (exact) mass is 402 g/mol. The first-order valence-electron chi connectivity index (χ1n) is 10.6. The summed E-state index contributed by atoms with van der Waals surface area (Å²) in [7, 11) is 0. The molecule has 1 N–H and O–H groups in total. The van der Waals surface area contributed by atoms with Crippen LogP contribution in [-0.2, 0) is 10.2 Å². The zero-order valence-electron chi connectivity index (χ0n) is 17.0. The smallest absolute Gasteiger partial charge is 0.407 e. The van der Waals surface area contributed by atoms with E-state index in [2.05, 4.69) is 24.8 Å². The number of piperidine rings is 1. The summed E-state index contributed by atoms with van der Waals surface area (Å²) < 4.78 is 0. The molecule has 5 heteroatoms. The van der Waals surface area contributed by atoms with E-state index in [9.17, 15) is 14.7 Å². The van der Waals surface area contributed by atoms with Gasteiger partial charge in [-0.05, 0) is 47.3 Å². The molecular weight excluding hydrogens is 376 g/mol. The second-order valence-electron chi connectivity index (χ2n) is 8.83. The molecule has 2 unspecified atom stereocenters. The van der Waals surface area contributed by atoms with Crippen LogP contribution < -0.4 is 0 Å². The Morgan fingerprint density at radius 1 is 1.03 bits per heavy atom. The fourth-order valence-electron chi connectivity index (χ4n) is 5.91. The van der Waals surface area contributed by atoms with Gasteiger partial charge in [0, 0.05) is 25.2 Å². The van der Waals surface area contributed by atoms with E-state index in [1.807, 2.05) is 41.3 Å². The lowest BCUT2D eigenvalue weighted by Gasteiger charge is -2.49. The largest absolute Gasteiger partial charge is 0.465 e. The molecule has 5 nitrogen and oxygen atoms in total. The van der Waals surface area contributed by atoms with Gasteiger partial charge in [-0.15, -0.1) is 0 Å². The van der Waals surface area contributed by atoms with Gasteiger partial charge in [0.2, 0.25) is 5.91 Å². The number of hydrogen-bond acceptors (Lipinski definition) is 2. The van der Waals surface area contributed by atoms with Crippen LogP contribution in [0.1, 0.15) is 48.4 Å². The number of fused-ring (bicyclic) bond motifs is 4. The van der Waals surface area contributed by atoms with Crippen LogP contribution in [0.2, 0.25) is 0 Å². The SMILES string of the molecule is C=C(c1ccccc1)N1C(=O)CC2CC3(CCN(C(=O)O)CC3)c3ccccc3C21. The van der Waals surface area contributed by atoms with Crippen LogP contribution in [0.3, 0.4) is 0 Å². The first-order valence-corrected chi connectivity index (χ1v) is 10.6. The highest BCUT2D eigenvalue weighted by atomic mass is 16.4. The van der Waals surface area contributed by atoms with Crippen molar-refractivity contribution >= 4 is 17.7 Å². The maximum atomic E-state index is 13.2. The van der Waals surface area contributed by atoms with Crippen molar-refractivity contribution in [1.82, 2.24) is 9.80 Å². The number of carbonyl (C=O) groups is 2. The Bertz CT molecular complexity index is 1010. The fraction of sp³-hybridized carbons (Fsp3) is 0.360. The van der Waals surface area contributed by atoms with Crippen molar-refractivity contribution < 1.29 is 14.7 Å². The van der Waals surface area contributed by atoms with Gasteiger partial charge in [-0.25, -0.2) is 4.79 Å². The average Bonchev–Trinajstić information content (AvgIpc) is 3.10. The van der Waals surface area contributed by atoms with Gasteiger partial charge in [0.15, 0.2) is 0 Å². The summed E-state index contributed by atoms with van der Waals surface area (Å²) in [5, 5.41) is 9.37. The number of hydrogen-bond donors (Lipinski definition) is 1. The summed E-state index contributed by atoms with van der Waals surface area (Å²) in [4.78, 5) is 28.0. The van der Waals surface area contributed by atoms with E-state index in [0.717, 1.165) is 30.5 Å². The van der Waals surface area contributed by atoms with E-state index in [4.69, 9.17) is 0 Å². The molecule has 1 spiro atoms. The van der Waals surface area contributed by atoms with Gasteiger partial charge >= 0.3 is 6.09 Å². The second-order valence-corrected chi connectivity index (χ2v) is 8.83. The quantitative estimate of drug-likeness (QED) is 0.795. The van der Waals surface area contributed by atoms with E-state index in [-0.39, 0.29) is 23.3 Å². The molecule has 0 radical (unpaired) electrons. The fourth-order valence-corrected chi connectivity index (χ4v) is 5.91. The zero-order valence-corrected chi connectivity index (χ0v) is 17.0. The average molecular weight is 402 g/mol. The first-order chi connectivity index (χ1) is 14.5. The molecule has 30 heavy (non-hydrogen) atoms. The van der Waals surface area contributed by atoms with Crippen LogP contribution in [0.15, 0.2) is 61.2 Å². The minimum absolute atomic E-state index is 0.00420. The van der Waals surface area contributed by atoms with E-state index in [0.29, 0.717) is 19.5 Å². The molecule has 2 atom stereocenters. The Labute approximate surface area is 176 Å². The van der Waals surface area contributed by atoms with E-state index < -0.39 is 6.09 Å². The molecule has 0 aromatic heterocycles. The lowest BCUT2D eigenvalue weighted by Crippen LogP contribution is -2.48. The molecule has 2 amide bonds. The third-order valence-corrected chi connectivity index (χ3v) is 7.32. The van der Waals surface area contributed by atoms with Crippen LogP contribution in [-0.4, -0.2) is 40.0 Å². The standard InChI is InChI=1S/C25H26N2O3/c1-17(18-7-3-2-4-8-18)27-22(28)15-19-16-25(11-13-26(14-12-25)24(29)30)21-10-6-5-9-20(21)23(19)27/h2-10,19,23H,1,11-16H2,(H,29,30). The van der Waals surface area contributed by atoms with Crippen LogP contribution >= 0.6 is 0 Å². The van der Waals surface area contributed by atoms with Crippen LogP contribution in [0.5, 0.6) is 0 Å². The van der Waals surface area contributed by atoms with E-state index >= 15 is 0 Å². The number of carbonyl (C=O) groups excluding carboxylic acids is 1. The second kappa shape index (κ2) is 7.01. The lowest BCUT2D eigenvalue weighted by molar-refractivity contribution is -0.125. The Morgan fingerprint density at radius 3 is 2.40 bits per heavy atom. The van der Waals surface area contributed by atoms with Gasteiger partial charge in [-0.3, -0.25) is 4.79 Å². The highest BCUT2D eigenvalue weighted by Crippen LogP contribution is 2.56. The molecule has 2 heterocycles. The predicted molar refractivity (Wildman–Crippen MR) is 115 cm³/mol.